The molecule has 1 saturated heterocycles. The van der Waals surface area contributed by atoms with Crippen LogP contribution in [0.5, 0.6) is 0 Å². The maximum Gasteiger partial charge on any atom is 0.0252 e. The van der Waals surface area contributed by atoms with E-state index in [0.29, 0.717) is 10.8 Å². The Kier molecular flexibility index (Phi) is 4.96. The molecule has 0 saturated carbocycles. The van der Waals surface area contributed by atoms with Gasteiger partial charge in [0.2, 0.25) is 0 Å². The van der Waals surface area contributed by atoms with Crippen LogP contribution in [0.3, 0.4) is 0 Å². The maximum absolute atomic E-state index is 3.68. The molecular formula is C14H30N2S. The van der Waals surface area contributed by atoms with E-state index >= 15 is 0 Å². The van der Waals surface area contributed by atoms with Crippen LogP contribution in [-0.2, 0) is 0 Å². The summed E-state index contributed by atoms with van der Waals surface area (Å²) in [5.74, 6) is 0.719. The third-order valence-corrected chi connectivity index (χ3v) is 5.00. The van der Waals surface area contributed by atoms with Crippen LogP contribution in [0.2, 0.25) is 0 Å². The molecule has 2 nitrogen and oxygen atoms in total. The minimum atomic E-state index is 0.250. The molecule has 0 aromatic carbocycles. The number of rotatable bonds is 4. The van der Waals surface area contributed by atoms with Gasteiger partial charge in [-0.1, -0.05) is 13.8 Å². The molecule has 1 atom stereocenters. The lowest BCUT2D eigenvalue weighted by Gasteiger charge is -2.48. The highest BCUT2D eigenvalue weighted by atomic mass is 32.2. The fourth-order valence-corrected chi connectivity index (χ4v) is 2.87. The average Bonchev–Trinajstić information content (AvgIpc) is 2.15. The van der Waals surface area contributed by atoms with E-state index in [4.69, 9.17) is 0 Å². The summed E-state index contributed by atoms with van der Waals surface area (Å²) in [6.07, 6.45) is 2.22. The monoisotopic (exact) mass is 258 g/mol. The van der Waals surface area contributed by atoms with Crippen molar-refractivity contribution in [1.82, 2.24) is 10.2 Å². The molecule has 0 bridgehead atoms. The van der Waals surface area contributed by atoms with Gasteiger partial charge in [0.15, 0.2) is 0 Å². The van der Waals surface area contributed by atoms with Gasteiger partial charge in [0.1, 0.15) is 0 Å². The average molecular weight is 258 g/mol. The summed E-state index contributed by atoms with van der Waals surface area (Å²) in [4.78, 5) is 2.69. The third kappa shape index (κ3) is 4.46. The normalized spacial score (nSPS) is 26.5. The Bertz CT molecular complexity index is 249. The number of piperazine rings is 1. The van der Waals surface area contributed by atoms with Gasteiger partial charge < -0.3 is 5.32 Å². The topological polar surface area (TPSA) is 15.3 Å². The number of thioether (sulfide) groups is 1. The summed E-state index contributed by atoms with van der Waals surface area (Å²) in [5.41, 5.74) is 0.250. The van der Waals surface area contributed by atoms with Crippen LogP contribution in [0.15, 0.2) is 0 Å². The first-order chi connectivity index (χ1) is 7.67. The molecule has 1 heterocycles. The zero-order valence-corrected chi connectivity index (χ0v) is 13.4. The molecule has 0 aliphatic carbocycles. The molecule has 17 heavy (non-hydrogen) atoms. The van der Waals surface area contributed by atoms with Crippen molar-refractivity contribution in [2.24, 2.45) is 5.92 Å². The van der Waals surface area contributed by atoms with Crippen molar-refractivity contribution in [2.45, 2.75) is 57.9 Å². The first kappa shape index (κ1) is 15.3. The van der Waals surface area contributed by atoms with Crippen LogP contribution >= 0.6 is 11.8 Å². The van der Waals surface area contributed by atoms with Crippen molar-refractivity contribution >= 4 is 11.8 Å². The van der Waals surface area contributed by atoms with Crippen molar-refractivity contribution in [2.75, 3.05) is 25.9 Å². The highest BCUT2D eigenvalue weighted by Gasteiger charge is 2.36. The quantitative estimate of drug-likeness (QED) is 0.835. The Labute approximate surface area is 112 Å². The number of hydrogen-bond acceptors (Lipinski definition) is 3. The maximum atomic E-state index is 3.68. The Hall–Kier alpha value is 0.270. The molecule has 0 amide bonds. The number of nitrogens with one attached hydrogen (secondary N) is 1. The Morgan fingerprint density at radius 1 is 1.41 bits per heavy atom. The summed E-state index contributed by atoms with van der Waals surface area (Å²) in [5, 5.41) is 3.68. The van der Waals surface area contributed by atoms with Crippen LogP contribution in [0, 0.1) is 5.92 Å². The lowest BCUT2D eigenvalue weighted by Crippen LogP contribution is -2.64. The van der Waals surface area contributed by atoms with E-state index in [1.807, 2.05) is 11.8 Å². The first-order valence-electron chi connectivity index (χ1n) is 6.71. The molecule has 1 unspecified atom stereocenters. The summed E-state index contributed by atoms with van der Waals surface area (Å²) in [6.45, 7) is 17.4. The van der Waals surface area contributed by atoms with Crippen LogP contribution in [0.1, 0.15) is 41.5 Å². The van der Waals surface area contributed by atoms with Crippen LogP contribution in [-0.4, -0.2) is 47.1 Å². The molecule has 0 radical (unpaired) electrons. The van der Waals surface area contributed by atoms with Crippen molar-refractivity contribution in [1.29, 1.82) is 0 Å². The van der Waals surface area contributed by atoms with E-state index in [-0.39, 0.29) is 5.54 Å². The first-order valence-corrected chi connectivity index (χ1v) is 7.93. The highest BCUT2D eigenvalue weighted by molar-refractivity contribution is 7.99. The van der Waals surface area contributed by atoms with Crippen molar-refractivity contribution in [3.05, 3.63) is 0 Å². The lowest BCUT2D eigenvalue weighted by molar-refractivity contribution is 0.0636. The van der Waals surface area contributed by atoms with Gasteiger partial charge in [-0.2, -0.15) is 11.8 Å². The fraction of sp³-hybridized carbons (Fsp3) is 1.00. The lowest BCUT2D eigenvalue weighted by atomic mass is 9.92. The molecule has 0 spiro atoms. The standard InChI is InChI=1S/C14H30N2S/c1-11(2)12-8-15-13(3,4)9-16(12)10-14(5,6)17-7/h11-12,15H,8-10H2,1-7H3. The van der Waals surface area contributed by atoms with Gasteiger partial charge in [-0.25, -0.2) is 0 Å². The van der Waals surface area contributed by atoms with Gasteiger partial charge in [-0.15, -0.1) is 0 Å². The molecule has 1 aliphatic rings. The molecule has 1 rings (SSSR count). The molecule has 102 valence electrons. The van der Waals surface area contributed by atoms with Gasteiger partial charge in [0.05, 0.1) is 0 Å². The van der Waals surface area contributed by atoms with Gasteiger partial charge in [0.25, 0.3) is 0 Å². The smallest absolute Gasteiger partial charge is 0.0252 e. The highest BCUT2D eigenvalue weighted by Crippen LogP contribution is 2.27. The Morgan fingerprint density at radius 2 is 2.00 bits per heavy atom. The summed E-state index contributed by atoms with van der Waals surface area (Å²) < 4.78 is 0.348. The van der Waals surface area contributed by atoms with E-state index < -0.39 is 0 Å². The zero-order valence-electron chi connectivity index (χ0n) is 12.6. The largest absolute Gasteiger partial charge is 0.309 e. The molecule has 0 aromatic rings. The second-order valence-electron chi connectivity index (χ2n) is 6.94. The number of hydrogen-bond donors (Lipinski definition) is 1. The summed E-state index contributed by atoms with van der Waals surface area (Å²) in [7, 11) is 0. The zero-order chi connectivity index (χ0) is 13.3. The molecule has 1 fully saturated rings. The predicted molar refractivity (Wildman–Crippen MR) is 79.9 cm³/mol. The summed E-state index contributed by atoms with van der Waals surface area (Å²) in [6, 6.07) is 0.675. The number of nitrogens with zero attached hydrogens (tertiary/aromatic N) is 1. The van der Waals surface area contributed by atoms with Crippen molar-refractivity contribution < 1.29 is 0 Å². The van der Waals surface area contributed by atoms with Gasteiger partial charge in [0, 0.05) is 36.0 Å². The van der Waals surface area contributed by atoms with Crippen molar-refractivity contribution in [3.63, 3.8) is 0 Å². The molecule has 3 heteroatoms. The predicted octanol–water partition coefficient (Wildman–Crippen LogP) is 2.84. The van der Waals surface area contributed by atoms with E-state index in [1.165, 1.54) is 6.54 Å². The van der Waals surface area contributed by atoms with Gasteiger partial charge in [-0.3, -0.25) is 4.90 Å². The molecule has 1 aliphatic heterocycles. The van der Waals surface area contributed by atoms with Gasteiger partial charge >= 0.3 is 0 Å². The van der Waals surface area contributed by atoms with E-state index in [0.717, 1.165) is 19.0 Å². The van der Waals surface area contributed by atoms with E-state index in [9.17, 15) is 0 Å². The van der Waals surface area contributed by atoms with Crippen LogP contribution in [0.25, 0.3) is 0 Å². The van der Waals surface area contributed by atoms with Crippen molar-refractivity contribution in [3.8, 4) is 0 Å². The van der Waals surface area contributed by atoms with E-state index in [2.05, 4.69) is 58.0 Å². The minimum Gasteiger partial charge on any atom is -0.309 e. The third-order valence-electron chi connectivity index (χ3n) is 3.76. The summed E-state index contributed by atoms with van der Waals surface area (Å²) >= 11 is 1.97. The molecule has 1 N–H and O–H groups in total. The van der Waals surface area contributed by atoms with Crippen LogP contribution in [0.4, 0.5) is 0 Å². The molecule has 0 aromatic heterocycles. The molecular weight excluding hydrogens is 228 g/mol. The second-order valence-corrected chi connectivity index (χ2v) is 8.46. The SMILES string of the molecule is CSC(C)(C)CN1CC(C)(C)NCC1C(C)C. The van der Waals surface area contributed by atoms with E-state index in [1.54, 1.807) is 0 Å². The fourth-order valence-electron chi connectivity index (χ4n) is 2.57. The Morgan fingerprint density at radius 3 is 2.47 bits per heavy atom. The van der Waals surface area contributed by atoms with Crippen LogP contribution < -0.4 is 5.32 Å². The Balaban J connectivity index is 2.74. The second kappa shape index (κ2) is 5.50. The van der Waals surface area contributed by atoms with Gasteiger partial charge in [-0.05, 0) is 39.9 Å². The minimum absolute atomic E-state index is 0.250.